The quantitative estimate of drug-likeness (QED) is 0.761. The molecule has 126 valence electrons. The van der Waals surface area contributed by atoms with Crippen LogP contribution in [0.2, 0.25) is 0 Å². The Labute approximate surface area is 133 Å². The molecule has 1 unspecified atom stereocenters. The number of para-hydroxylation sites is 1. The highest BCUT2D eigenvalue weighted by Gasteiger charge is 2.28. The van der Waals surface area contributed by atoms with Crippen LogP contribution in [0.4, 0.5) is 13.2 Å². The molecule has 1 aromatic rings. The molecule has 1 rings (SSSR count). The maximum absolute atomic E-state index is 12.2. The minimum absolute atomic E-state index is 0. The van der Waals surface area contributed by atoms with Gasteiger partial charge in [-0.1, -0.05) is 31.5 Å². The average molecular weight is 342 g/mol. The second kappa shape index (κ2) is 9.53. The number of benzene rings is 1. The van der Waals surface area contributed by atoms with Crippen molar-refractivity contribution in [2.24, 2.45) is 0 Å². The minimum Gasteiger partial charge on any atom is -0.484 e. The number of hydrogen-bond acceptors (Lipinski definition) is 3. The highest BCUT2D eigenvalue weighted by atomic mass is 35.5. The Hall–Kier alpha value is -1.47. The molecule has 4 nitrogen and oxygen atoms in total. The van der Waals surface area contributed by atoms with E-state index >= 15 is 0 Å². The lowest BCUT2D eigenvalue weighted by molar-refractivity contribution is -0.153. The number of carboxylic acid groups (broad SMARTS) is 1. The maximum Gasteiger partial charge on any atom is 0.422 e. The lowest BCUT2D eigenvalue weighted by atomic mass is 10.1. The highest BCUT2D eigenvalue weighted by Crippen LogP contribution is 2.22. The van der Waals surface area contributed by atoms with Gasteiger partial charge in [-0.3, -0.25) is 4.79 Å². The summed E-state index contributed by atoms with van der Waals surface area (Å²) in [5, 5.41) is 11.8. The second-order valence-electron chi connectivity index (χ2n) is 4.57. The third-order valence-corrected chi connectivity index (χ3v) is 2.78. The zero-order valence-corrected chi connectivity index (χ0v) is 12.8. The zero-order chi connectivity index (χ0) is 15.9. The fourth-order valence-electron chi connectivity index (χ4n) is 1.78. The zero-order valence-electron chi connectivity index (χ0n) is 12.0. The van der Waals surface area contributed by atoms with Gasteiger partial charge in [-0.15, -0.1) is 12.4 Å². The number of aliphatic carboxylic acids is 1. The molecule has 0 radical (unpaired) electrons. The molecule has 0 spiro atoms. The molecule has 2 N–H and O–H groups in total. The van der Waals surface area contributed by atoms with Gasteiger partial charge in [0.1, 0.15) is 11.8 Å². The second-order valence-corrected chi connectivity index (χ2v) is 4.57. The molecule has 0 heterocycles. The van der Waals surface area contributed by atoms with E-state index in [0.29, 0.717) is 18.4 Å². The Morgan fingerprint density at radius 1 is 1.36 bits per heavy atom. The van der Waals surface area contributed by atoms with Gasteiger partial charge in [-0.2, -0.15) is 13.2 Å². The molecule has 0 aliphatic carbocycles. The molecule has 1 atom stereocenters. The van der Waals surface area contributed by atoms with Gasteiger partial charge < -0.3 is 15.2 Å². The topological polar surface area (TPSA) is 58.6 Å². The van der Waals surface area contributed by atoms with Crippen molar-refractivity contribution in [2.75, 3.05) is 6.61 Å². The molecule has 0 aliphatic rings. The molecular weight excluding hydrogens is 323 g/mol. The summed E-state index contributed by atoms with van der Waals surface area (Å²) in [6.45, 7) is 0.615. The van der Waals surface area contributed by atoms with Crippen LogP contribution >= 0.6 is 12.4 Å². The van der Waals surface area contributed by atoms with Crippen molar-refractivity contribution in [3.8, 4) is 5.75 Å². The average Bonchev–Trinajstić information content (AvgIpc) is 2.41. The van der Waals surface area contributed by atoms with Gasteiger partial charge in [0.05, 0.1) is 0 Å². The van der Waals surface area contributed by atoms with Crippen LogP contribution in [0.15, 0.2) is 24.3 Å². The Kier molecular flexibility index (Phi) is 8.89. The Morgan fingerprint density at radius 2 is 2.00 bits per heavy atom. The van der Waals surface area contributed by atoms with Crippen molar-refractivity contribution < 1.29 is 27.8 Å². The van der Waals surface area contributed by atoms with E-state index in [4.69, 9.17) is 9.84 Å². The first kappa shape index (κ1) is 20.5. The van der Waals surface area contributed by atoms with E-state index in [2.05, 4.69) is 5.32 Å². The lowest BCUT2D eigenvalue weighted by Crippen LogP contribution is -2.36. The summed E-state index contributed by atoms with van der Waals surface area (Å²) in [6, 6.07) is 5.52. The number of ether oxygens (including phenoxy) is 1. The van der Waals surface area contributed by atoms with E-state index in [1.165, 1.54) is 6.07 Å². The highest BCUT2D eigenvalue weighted by molar-refractivity contribution is 5.85. The molecular formula is C14H19ClF3NO3. The summed E-state index contributed by atoms with van der Waals surface area (Å²) < 4.78 is 41.3. The number of hydrogen-bond donors (Lipinski definition) is 2. The number of alkyl halides is 3. The Morgan fingerprint density at radius 3 is 2.55 bits per heavy atom. The standard InChI is InChI=1S/C14H18F3NO3.ClH/c1-2-5-11(13(19)20)18-8-10-6-3-4-7-12(10)21-9-14(15,16)17;/h3-4,6-7,11,18H,2,5,8-9H2,1H3,(H,19,20);1H. The van der Waals surface area contributed by atoms with Crippen molar-refractivity contribution in [2.45, 2.75) is 38.5 Å². The summed E-state index contributed by atoms with van der Waals surface area (Å²) >= 11 is 0. The number of carboxylic acids is 1. The van der Waals surface area contributed by atoms with Crippen molar-refractivity contribution in [1.82, 2.24) is 5.32 Å². The fourth-order valence-corrected chi connectivity index (χ4v) is 1.78. The van der Waals surface area contributed by atoms with E-state index in [1.807, 2.05) is 6.92 Å². The molecule has 0 amide bonds. The monoisotopic (exact) mass is 341 g/mol. The largest absolute Gasteiger partial charge is 0.484 e. The molecule has 0 aromatic heterocycles. The third kappa shape index (κ3) is 7.51. The first-order chi connectivity index (χ1) is 9.83. The first-order valence-corrected chi connectivity index (χ1v) is 6.57. The Bertz CT molecular complexity index is 469. The van der Waals surface area contributed by atoms with Crippen LogP contribution in [0.25, 0.3) is 0 Å². The van der Waals surface area contributed by atoms with Crippen LogP contribution in [-0.4, -0.2) is 29.9 Å². The van der Waals surface area contributed by atoms with Gasteiger partial charge in [0.25, 0.3) is 0 Å². The van der Waals surface area contributed by atoms with E-state index in [-0.39, 0.29) is 24.7 Å². The first-order valence-electron chi connectivity index (χ1n) is 6.57. The maximum atomic E-state index is 12.2. The van der Waals surface area contributed by atoms with Gasteiger partial charge in [0.2, 0.25) is 0 Å². The molecule has 1 aromatic carbocycles. The molecule has 22 heavy (non-hydrogen) atoms. The third-order valence-electron chi connectivity index (χ3n) is 2.78. The van der Waals surface area contributed by atoms with Gasteiger partial charge >= 0.3 is 12.1 Å². The summed E-state index contributed by atoms with van der Waals surface area (Å²) in [6.07, 6.45) is -3.27. The van der Waals surface area contributed by atoms with Crippen LogP contribution in [-0.2, 0) is 11.3 Å². The summed E-state index contributed by atoms with van der Waals surface area (Å²) in [7, 11) is 0. The van der Waals surface area contributed by atoms with E-state index in [0.717, 1.165) is 0 Å². The summed E-state index contributed by atoms with van der Waals surface area (Å²) in [5.41, 5.74) is 0.490. The van der Waals surface area contributed by atoms with Crippen molar-refractivity contribution in [3.05, 3.63) is 29.8 Å². The number of nitrogens with one attached hydrogen (secondary N) is 1. The van der Waals surface area contributed by atoms with E-state index < -0.39 is 24.8 Å². The molecule has 0 saturated heterocycles. The predicted molar refractivity (Wildman–Crippen MR) is 78.4 cm³/mol. The van der Waals surface area contributed by atoms with Crippen LogP contribution in [0.5, 0.6) is 5.75 Å². The van der Waals surface area contributed by atoms with Gasteiger partial charge in [0, 0.05) is 12.1 Å². The molecule has 0 fully saturated rings. The molecule has 8 heteroatoms. The van der Waals surface area contributed by atoms with Gasteiger partial charge in [-0.25, -0.2) is 0 Å². The van der Waals surface area contributed by atoms with Crippen molar-refractivity contribution >= 4 is 18.4 Å². The molecule has 0 bridgehead atoms. The van der Waals surface area contributed by atoms with Crippen LogP contribution in [0, 0.1) is 0 Å². The normalized spacial score (nSPS) is 12.4. The summed E-state index contributed by atoms with van der Waals surface area (Å²) in [4.78, 5) is 11.0. The smallest absolute Gasteiger partial charge is 0.422 e. The summed E-state index contributed by atoms with van der Waals surface area (Å²) in [5.74, 6) is -0.881. The van der Waals surface area contributed by atoms with Gasteiger partial charge in [-0.05, 0) is 12.5 Å². The Balaban J connectivity index is 0.00000441. The van der Waals surface area contributed by atoms with Gasteiger partial charge in [0.15, 0.2) is 6.61 Å². The fraction of sp³-hybridized carbons (Fsp3) is 0.500. The number of halogens is 4. The SMILES string of the molecule is CCCC(NCc1ccccc1OCC(F)(F)F)C(=O)O.Cl. The minimum atomic E-state index is -4.41. The van der Waals surface area contributed by atoms with Crippen molar-refractivity contribution in [3.63, 3.8) is 0 Å². The predicted octanol–water partition coefficient (Wildman–Crippen LogP) is 3.39. The number of carbonyl (C=O) groups is 1. The van der Waals surface area contributed by atoms with Crippen LogP contribution in [0.1, 0.15) is 25.3 Å². The lowest BCUT2D eigenvalue weighted by Gasteiger charge is -2.16. The van der Waals surface area contributed by atoms with Crippen LogP contribution < -0.4 is 10.1 Å². The van der Waals surface area contributed by atoms with Crippen LogP contribution in [0.3, 0.4) is 0 Å². The van der Waals surface area contributed by atoms with Crippen molar-refractivity contribution in [1.29, 1.82) is 0 Å². The molecule has 0 aliphatic heterocycles. The molecule has 0 saturated carbocycles. The van der Waals surface area contributed by atoms with E-state index in [1.54, 1.807) is 18.2 Å². The number of rotatable bonds is 8. The van der Waals surface area contributed by atoms with E-state index in [9.17, 15) is 18.0 Å².